The molecule has 1 saturated heterocycles. The van der Waals surface area contributed by atoms with Crippen LogP contribution in [0.1, 0.15) is 27.8 Å². The maximum Gasteiger partial charge on any atom is 0.294 e. The standard InChI is InChI=1S/C29H24BrN3O5S/c1-17-4-9-22(10-18(17)2)32-26(34)15-33-28(35)25(39-29(33)36)13-21-11-23(30)27(24(12-21)37-3)38-16-20-7-5-19(14-31)6-8-20/h4-13H,15-16H2,1-3H3,(H,32,34)/b25-13+. The number of imide groups is 1. The zero-order chi connectivity index (χ0) is 28.1. The molecule has 0 aliphatic carbocycles. The number of nitriles is 1. The summed E-state index contributed by atoms with van der Waals surface area (Å²) in [5, 5.41) is 11.2. The molecule has 1 fully saturated rings. The van der Waals surface area contributed by atoms with E-state index in [4.69, 9.17) is 14.7 Å². The summed E-state index contributed by atoms with van der Waals surface area (Å²) in [4.78, 5) is 39.2. The monoisotopic (exact) mass is 605 g/mol. The van der Waals surface area contributed by atoms with Crippen LogP contribution in [0.2, 0.25) is 0 Å². The number of carbonyl (C=O) groups is 3. The van der Waals surface area contributed by atoms with Crippen molar-refractivity contribution in [2.45, 2.75) is 20.5 Å². The quantitative estimate of drug-likeness (QED) is 0.304. The predicted octanol–water partition coefficient (Wildman–Crippen LogP) is 6.20. The van der Waals surface area contributed by atoms with Gasteiger partial charge in [0.15, 0.2) is 11.5 Å². The lowest BCUT2D eigenvalue weighted by Gasteiger charge is -2.14. The molecule has 0 radical (unpaired) electrons. The average Bonchev–Trinajstić information content (AvgIpc) is 3.17. The third kappa shape index (κ3) is 6.69. The van der Waals surface area contributed by atoms with Gasteiger partial charge >= 0.3 is 0 Å². The molecule has 3 amide bonds. The molecule has 198 valence electrons. The van der Waals surface area contributed by atoms with Gasteiger partial charge < -0.3 is 14.8 Å². The number of ether oxygens (including phenoxy) is 2. The number of hydrogen-bond acceptors (Lipinski definition) is 7. The van der Waals surface area contributed by atoms with E-state index in [1.807, 2.05) is 38.1 Å². The van der Waals surface area contributed by atoms with E-state index in [2.05, 4.69) is 27.3 Å². The molecule has 1 aliphatic rings. The molecule has 1 aliphatic heterocycles. The van der Waals surface area contributed by atoms with Crippen LogP contribution in [-0.4, -0.2) is 35.6 Å². The minimum absolute atomic E-state index is 0.194. The summed E-state index contributed by atoms with van der Waals surface area (Å²) in [7, 11) is 1.50. The molecule has 3 aromatic rings. The van der Waals surface area contributed by atoms with Crippen LogP contribution in [0.5, 0.6) is 11.5 Å². The van der Waals surface area contributed by atoms with E-state index >= 15 is 0 Å². The molecule has 1 heterocycles. The number of aryl methyl sites for hydroxylation is 2. The van der Waals surface area contributed by atoms with Gasteiger partial charge in [0.25, 0.3) is 11.1 Å². The van der Waals surface area contributed by atoms with Crippen molar-refractivity contribution >= 4 is 56.5 Å². The highest BCUT2D eigenvalue weighted by Crippen LogP contribution is 2.39. The van der Waals surface area contributed by atoms with E-state index in [1.165, 1.54) is 7.11 Å². The van der Waals surface area contributed by atoms with Crippen molar-refractivity contribution in [2.75, 3.05) is 19.0 Å². The Labute approximate surface area is 238 Å². The fourth-order valence-corrected chi connectivity index (χ4v) is 5.16. The van der Waals surface area contributed by atoms with Crippen LogP contribution in [0.25, 0.3) is 6.08 Å². The van der Waals surface area contributed by atoms with Crippen molar-refractivity contribution in [2.24, 2.45) is 0 Å². The van der Waals surface area contributed by atoms with Crippen molar-refractivity contribution < 1.29 is 23.9 Å². The summed E-state index contributed by atoms with van der Waals surface area (Å²) in [6.07, 6.45) is 1.57. The first kappa shape index (κ1) is 28.0. The molecular formula is C29H24BrN3O5S. The number of rotatable bonds is 8. The van der Waals surface area contributed by atoms with Crippen LogP contribution >= 0.6 is 27.7 Å². The Balaban J connectivity index is 1.45. The predicted molar refractivity (Wildman–Crippen MR) is 153 cm³/mol. The number of amides is 3. The van der Waals surface area contributed by atoms with Crippen molar-refractivity contribution in [3.8, 4) is 17.6 Å². The molecule has 8 nitrogen and oxygen atoms in total. The van der Waals surface area contributed by atoms with Crippen LogP contribution in [-0.2, 0) is 16.2 Å². The first-order valence-electron chi connectivity index (χ1n) is 11.8. The molecule has 0 saturated carbocycles. The Morgan fingerprint density at radius 2 is 1.85 bits per heavy atom. The largest absolute Gasteiger partial charge is 0.493 e. The van der Waals surface area contributed by atoms with E-state index in [9.17, 15) is 14.4 Å². The molecule has 0 aromatic heterocycles. The van der Waals surface area contributed by atoms with Crippen LogP contribution in [0.15, 0.2) is 64.0 Å². The van der Waals surface area contributed by atoms with Crippen LogP contribution in [0.4, 0.5) is 10.5 Å². The van der Waals surface area contributed by atoms with Gasteiger partial charge in [-0.15, -0.1) is 0 Å². The lowest BCUT2D eigenvalue weighted by Crippen LogP contribution is -2.36. The molecule has 0 unspecified atom stereocenters. The number of hydrogen-bond donors (Lipinski definition) is 1. The van der Waals surface area contributed by atoms with E-state index < -0.39 is 17.1 Å². The Kier molecular flexibility index (Phi) is 8.74. The normalized spacial score (nSPS) is 13.9. The molecular weight excluding hydrogens is 582 g/mol. The Hall–Kier alpha value is -4.07. The number of benzene rings is 3. The second kappa shape index (κ2) is 12.2. The fourth-order valence-electron chi connectivity index (χ4n) is 3.75. The van der Waals surface area contributed by atoms with Gasteiger partial charge in [-0.1, -0.05) is 18.2 Å². The van der Waals surface area contributed by atoms with E-state index in [0.29, 0.717) is 32.8 Å². The van der Waals surface area contributed by atoms with Crippen LogP contribution in [0.3, 0.4) is 0 Å². The van der Waals surface area contributed by atoms with Gasteiger partial charge in [-0.25, -0.2) is 0 Å². The molecule has 10 heteroatoms. The van der Waals surface area contributed by atoms with Gasteiger partial charge in [0.2, 0.25) is 5.91 Å². The SMILES string of the molecule is COc1cc(/C=C2/SC(=O)N(CC(=O)Nc3ccc(C)c(C)c3)C2=O)cc(Br)c1OCc1ccc(C#N)cc1. The summed E-state index contributed by atoms with van der Waals surface area (Å²) in [5.41, 5.74) is 4.77. The van der Waals surface area contributed by atoms with E-state index in [1.54, 1.807) is 36.4 Å². The molecule has 0 bridgehead atoms. The number of carbonyl (C=O) groups excluding carboxylic acids is 3. The Bertz CT molecular complexity index is 1530. The highest BCUT2D eigenvalue weighted by atomic mass is 79.9. The van der Waals surface area contributed by atoms with Gasteiger partial charge in [0, 0.05) is 5.69 Å². The zero-order valence-corrected chi connectivity index (χ0v) is 23.8. The summed E-state index contributed by atoms with van der Waals surface area (Å²) in [5.74, 6) is -0.113. The van der Waals surface area contributed by atoms with Gasteiger partial charge in [0.1, 0.15) is 13.2 Å². The first-order valence-corrected chi connectivity index (χ1v) is 13.4. The number of halogens is 1. The second-order valence-electron chi connectivity index (χ2n) is 8.75. The number of nitrogens with zero attached hydrogens (tertiary/aromatic N) is 2. The lowest BCUT2D eigenvalue weighted by molar-refractivity contribution is -0.127. The van der Waals surface area contributed by atoms with Crippen LogP contribution in [0, 0.1) is 25.2 Å². The number of anilines is 1. The summed E-state index contributed by atoms with van der Waals surface area (Å²) >= 11 is 4.27. The zero-order valence-electron chi connectivity index (χ0n) is 21.4. The first-order chi connectivity index (χ1) is 18.7. The maximum atomic E-state index is 13.0. The summed E-state index contributed by atoms with van der Waals surface area (Å²) < 4.78 is 12.0. The van der Waals surface area contributed by atoms with Gasteiger partial charge in [-0.05, 0) is 106 Å². The summed E-state index contributed by atoms with van der Waals surface area (Å²) in [6, 6.07) is 18.1. The third-order valence-electron chi connectivity index (χ3n) is 5.98. The molecule has 1 N–H and O–H groups in total. The van der Waals surface area contributed by atoms with Gasteiger partial charge in [-0.2, -0.15) is 5.26 Å². The maximum absolute atomic E-state index is 13.0. The van der Waals surface area contributed by atoms with Gasteiger partial charge in [-0.3, -0.25) is 19.3 Å². The van der Waals surface area contributed by atoms with Crippen molar-refractivity contribution in [1.82, 2.24) is 4.90 Å². The van der Waals surface area contributed by atoms with Crippen LogP contribution < -0.4 is 14.8 Å². The van der Waals surface area contributed by atoms with E-state index in [0.717, 1.165) is 33.4 Å². The number of thioether (sulfide) groups is 1. The minimum atomic E-state index is -0.545. The second-order valence-corrected chi connectivity index (χ2v) is 10.6. The summed E-state index contributed by atoms with van der Waals surface area (Å²) in [6.45, 7) is 3.78. The average molecular weight is 606 g/mol. The van der Waals surface area contributed by atoms with Crippen molar-refractivity contribution in [3.05, 3.63) is 91.8 Å². The molecule has 0 spiro atoms. The minimum Gasteiger partial charge on any atom is -0.493 e. The lowest BCUT2D eigenvalue weighted by atomic mass is 10.1. The van der Waals surface area contributed by atoms with E-state index in [-0.39, 0.29) is 18.1 Å². The van der Waals surface area contributed by atoms with Crippen molar-refractivity contribution in [3.63, 3.8) is 0 Å². The highest BCUT2D eigenvalue weighted by Gasteiger charge is 2.36. The topological polar surface area (TPSA) is 109 Å². The van der Waals surface area contributed by atoms with Gasteiger partial charge in [0.05, 0.1) is 28.1 Å². The number of nitrogens with one attached hydrogen (secondary N) is 1. The molecule has 39 heavy (non-hydrogen) atoms. The number of methoxy groups -OCH3 is 1. The van der Waals surface area contributed by atoms with Crippen molar-refractivity contribution in [1.29, 1.82) is 5.26 Å². The smallest absolute Gasteiger partial charge is 0.294 e. The Morgan fingerprint density at radius 3 is 2.51 bits per heavy atom. The molecule has 0 atom stereocenters. The highest BCUT2D eigenvalue weighted by molar-refractivity contribution is 9.10. The molecule has 4 rings (SSSR count). The Morgan fingerprint density at radius 1 is 1.10 bits per heavy atom. The third-order valence-corrected chi connectivity index (χ3v) is 7.48. The molecule has 3 aromatic carbocycles. The fraction of sp³-hybridized carbons (Fsp3) is 0.172.